The highest BCUT2D eigenvalue weighted by atomic mass is 31.2. The number of aliphatic hydroxyl groups excluding tert-OH is 1. The van der Waals surface area contributed by atoms with Gasteiger partial charge in [0.1, 0.15) is 19.3 Å². The van der Waals surface area contributed by atoms with E-state index < -0.39 is 97.5 Å². The summed E-state index contributed by atoms with van der Waals surface area (Å²) in [6, 6.07) is 0. The van der Waals surface area contributed by atoms with Crippen molar-refractivity contribution in [2.75, 3.05) is 39.6 Å². The van der Waals surface area contributed by atoms with Gasteiger partial charge in [-0.05, 0) is 167 Å². The first kappa shape index (κ1) is 107. The summed E-state index contributed by atoms with van der Waals surface area (Å²) >= 11 is 0. The van der Waals surface area contributed by atoms with E-state index in [0.29, 0.717) is 25.7 Å². The van der Waals surface area contributed by atoms with Crippen molar-refractivity contribution in [3.8, 4) is 0 Å². The molecule has 5 atom stereocenters. The minimum Gasteiger partial charge on any atom is -0.462 e. The molecule has 0 saturated heterocycles. The van der Waals surface area contributed by atoms with E-state index in [1.54, 1.807) is 0 Å². The zero-order valence-corrected chi connectivity index (χ0v) is 72.1. The van der Waals surface area contributed by atoms with Crippen LogP contribution in [0.15, 0.2) is 158 Å². The van der Waals surface area contributed by atoms with Crippen molar-refractivity contribution in [2.24, 2.45) is 0 Å². The summed E-state index contributed by atoms with van der Waals surface area (Å²) in [5, 5.41) is 10.7. The van der Waals surface area contributed by atoms with Crippen molar-refractivity contribution < 1.29 is 80.2 Å². The van der Waals surface area contributed by atoms with E-state index in [1.807, 2.05) is 0 Å². The number of allylic oxidation sites excluding steroid dienone is 26. The average Bonchev–Trinajstić information content (AvgIpc) is 0.898. The fraction of sp³-hybridized carbons (Fsp3) is 0.677. The van der Waals surface area contributed by atoms with Crippen molar-refractivity contribution >= 4 is 39.5 Å². The first-order valence-corrected chi connectivity index (χ1v) is 46.7. The molecular formula is C93H156O17P2. The Bertz CT molecular complexity index is 2740. The third kappa shape index (κ3) is 82.7. The summed E-state index contributed by atoms with van der Waals surface area (Å²) in [5.41, 5.74) is 0. The molecule has 0 amide bonds. The summed E-state index contributed by atoms with van der Waals surface area (Å²) in [7, 11) is -9.99. The van der Waals surface area contributed by atoms with E-state index in [0.717, 1.165) is 231 Å². The van der Waals surface area contributed by atoms with Gasteiger partial charge in [-0.2, -0.15) is 0 Å². The van der Waals surface area contributed by atoms with Gasteiger partial charge in [-0.1, -0.05) is 314 Å². The molecular weight excluding hydrogens is 1450 g/mol. The molecule has 5 unspecified atom stereocenters. The molecule has 0 aliphatic rings. The van der Waals surface area contributed by atoms with Crippen LogP contribution in [0.2, 0.25) is 0 Å². The van der Waals surface area contributed by atoms with Gasteiger partial charge < -0.3 is 33.8 Å². The highest BCUT2D eigenvalue weighted by molar-refractivity contribution is 7.47. The van der Waals surface area contributed by atoms with Crippen molar-refractivity contribution in [1.82, 2.24) is 0 Å². The Morgan fingerprint density at radius 2 is 0.464 bits per heavy atom. The maximum Gasteiger partial charge on any atom is 0.472 e. The van der Waals surface area contributed by atoms with Crippen LogP contribution in [0.5, 0.6) is 0 Å². The number of hydrogen-bond acceptors (Lipinski definition) is 15. The van der Waals surface area contributed by atoms with E-state index in [1.165, 1.54) is 38.5 Å². The molecule has 0 aliphatic carbocycles. The lowest BCUT2D eigenvalue weighted by Crippen LogP contribution is -2.30. The van der Waals surface area contributed by atoms with E-state index in [4.69, 9.17) is 37.0 Å². The smallest absolute Gasteiger partial charge is 0.462 e. The van der Waals surface area contributed by atoms with Gasteiger partial charge in [-0.3, -0.25) is 37.3 Å². The Morgan fingerprint density at radius 3 is 0.723 bits per heavy atom. The van der Waals surface area contributed by atoms with Gasteiger partial charge in [-0.15, -0.1) is 0 Å². The number of carbonyl (C=O) groups excluding carboxylic acids is 4. The predicted octanol–water partition coefficient (Wildman–Crippen LogP) is 26.3. The van der Waals surface area contributed by atoms with Crippen LogP contribution in [0, 0.1) is 0 Å². The van der Waals surface area contributed by atoms with Crippen LogP contribution in [0.4, 0.5) is 0 Å². The van der Waals surface area contributed by atoms with E-state index in [9.17, 15) is 43.2 Å². The third-order valence-corrected chi connectivity index (χ3v) is 19.9. The Labute approximate surface area is 680 Å². The topological polar surface area (TPSA) is 237 Å². The molecule has 3 N–H and O–H groups in total. The number of aliphatic hydroxyl groups is 1. The Kier molecular flexibility index (Phi) is 79.6. The first-order valence-electron chi connectivity index (χ1n) is 43.7. The summed E-state index contributed by atoms with van der Waals surface area (Å²) < 4.78 is 68.9. The molecule has 0 bridgehead atoms. The number of phosphoric ester groups is 2. The highest BCUT2D eigenvalue weighted by Crippen LogP contribution is 2.45. The molecule has 0 aromatic carbocycles. The molecule has 112 heavy (non-hydrogen) atoms. The van der Waals surface area contributed by atoms with Crippen LogP contribution in [0.25, 0.3) is 0 Å². The summed E-state index contributed by atoms with van der Waals surface area (Å²) in [4.78, 5) is 73.4. The van der Waals surface area contributed by atoms with Crippen LogP contribution in [-0.2, 0) is 65.4 Å². The minimum atomic E-state index is -5.00. The quantitative estimate of drug-likeness (QED) is 0.0169. The second kappa shape index (κ2) is 83.6. The highest BCUT2D eigenvalue weighted by Gasteiger charge is 2.30. The number of carbonyl (C=O) groups is 4. The van der Waals surface area contributed by atoms with Gasteiger partial charge in [0.25, 0.3) is 0 Å². The van der Waals surface area contributed by atoms with Crippen molar-refractivity contribution in [1.29, 1.82) is 0 Å². The average molecular weight is 1610 g/mol. The molecule has 0 spiro atoms. The molecule has 17 nitrogen and oxygen atoms in total. The van der Waals surface area contributed by atoms with E-state index in [2.05, 4.69) is 186 Å². The molecule has 0 radical (unpaired) electrons. The fourth-order valence-electron chi connectivity index (χ4n) is 11.4. The van der Waals surface area contributed by atoms with Gasteiger partial charge in [0.2, 0.25) is 0 Å². The molecule has 640 valence electrons. The lowest BCUT2D eigenvalue weighted by molar-refractivity contribution is -0.161. The molecule has 19 heteroatoms. The second-order valence-corrected chi connectivity index (χ2v) is 31.6. The lowest BCUT2D eigenvalue weighted by atomic mass is 10.1. The molecule has 0 aromatic heterocycles. The largest absolute Gasteiger partial charge is 0.472 e. The zero-order valence-electron chi connectivity index (χ0n) is 70.3. The Morgan fingerprint density at radius 1 is 0.259 bits per heavy atom. The van der Waals surface area contributed by atoms with Crippen molar-refractivity contribution in [3.63, 3.8) is 0 Å². The molecule has 0 rings (SSSR count). The number of esters is 4. The normalized spacial score (nSPS) is 14.5. The van der Waals surface area contributed by atoms with Crippen molar-refractivity contribution in [2.45, 2.75) is 367 Å². The molecule has 0 aliphatic heterocycles. The standard InChI is InChI=1S/C93H156O17P2/c1-5-9-13-17-21-25-29-33-37-40-43-46-50-53-57-61-65-69-73-77-90(95)103-83-88(109-92(97)79-75-71-67-63-59-55-49-36-32-28-24-20-16-12-8-4)85-107-111(99,100)105-81-87(94)82-106-112(101,102)108-86-89(110-93(98)80-76-72-68-64-60-56-52-48-45-42-39-35-31-27-23-19-15-11-7-3)84-104-91(96)78-74-70-66-62-58-54-51-47-44-41-38-34-30-26-22-18-14-10-6-2/h9-11,13-15,21-23,25-27,33-39,43-49,87-89,94H,5-8,12,16-20,24,28-32,40-42,50-86H2,1-4H3,(H,99,100)(H,101,102)/b13-9-,14-10-,15-11-,25-21-,26-22-,27-23-,37-33-,38-34-,39-35-,46-43-,47-44-,48-45-,49-36-. The SMILES string of the molecule is CC/C=C\C/C=C\C/C=C\C/C=C\CCCCCCCCC(=O)OCC(COP(=O)(O)OCC(O)COP(=O)(O)OCC(COC(=O)CCCCCCCC/C=C\C/C=C\C/C=C\C/C=C\CC)OC(=O)CCCCCCCC/C=C\C/C=C\C/C=C\C/C=C\CC)OC(=O)CCCCCCC/C=C\CCCCCCCC. The van der Waals surface area contributed by atoms with Gasteiger partial charge >= 0.3 is 39.5 Å². The van der Waals surface area contributed by atoms with Crippen LogP contribution >= 0.6 is 15.6 Å². The van der Waals surface area contributed by atoms with Crippen LogP contribution in [-0.4, -0.2) is 96.7 Å². The van der Waals surface area contributed by atoms with Gasteiger partial charge in [-0.25, -0.2) is 9.13 Å². The predicted molar refractivity (Wildman–Crippen MR) is 464 cm³/mol. The van der Waals surface area contributed by atoms with Gasteiger partial charge in [0, 0.05) is 25.7 Å². The monoisotopic (exact) mass is 1610 g/mol. The summed E-state index contributed by atoms with van der Waals surface area (Å²) in [6.45, 7) is 4.52. The molecule has 0 heterocycles. The molecule has 0 aromatic rings. The Balaban J connectivity index is 5.43. The van der Waals surface area contributed by atoms with Crippen LogP contribution < -0.4 is 0 Å². The molecule has 0 fully saturated rings. The summed E-state index contributed by atoms with van der Waals surface area (Å²) in [5.74, 6) is -2.22. The van der Waals surface area contributed by atoms with E-state index >= 15 is 0 Å². The maximum absolute atomic E-state index is 13.2. The number of rotatable bonds is 81. The number of hydrogen-bond donors (Lipinski definition) is 3. The lowest BCUT2D eigenvalue weighted by Gasteiger charge is -2.21. The van der Waals surface area contributed by atoms with Crippen LogP contribution in [0.3, 0.4) is 0 Å². The number of unbranched alkanes of at least 4 members (excludes halogenated alkanes) is 29. The third-order valence-electron chi connectivity index (χ3n) is 18.0. The maximum atomic E-state index is 13.2. The van der Waals surface area contributed by atoms with E-state index in [-0.39, 0.29) is 25.7 Å². The van der Waals surface area contributed by atoms with Gasteiger partial charge in [0.05, 0.1) is 26.4 Å². The second-order valence-electron chi connectivity index (χ2n) is 28.7. The Hall–Kier alpha value is -5.32. The van der Waals surface area contributed by atoms with Crippen LogP contribution in [0.1, 0.15) is 349 Å². The summed E-state index contributed by atoms with van der Waals surface area (Å²) in [6.07, 6.45) is 99.0. The van der Waals surface area contributed by atoms with Crippen molar-refractivity contribution in [3.05, 3.63) is 158 Å². The fourth-order valence-corrected chi connectivity index (χ4v) is 13.0. The zero-order chi connectivity index (χ0) is 81.7. The first-order chi connectivity index (χ1) is 54.7. The number of phosphoric acid groups is 2. The number of ether oxygens (including phenoxy) is 4. The molecule has 0 saturated carbocycles. The van der Waals surface area contributed by atoms with Gasteiger partial charge in [0.15, 0.2) is 12.2 Å². The minimum absolute atomic E-state index is 0.0705.